The Morgan fingerprint density at radius 2 is 1.88 bits per heavy atom. The number of carbonyl (C=O) groups excluding carboxylic acids is 1. The van der Waals surface area contributed by atoms with E-state index in [1.807, 2.05) is 19.9 Å². The third kappa shape index (κ3) is 6.70. The summed E-state index contributed by atoms with van der Waals surface area (Å²) in [7, 11) is 0. The first-order chi connectivity index (χ1) is 15.2. The van der Waals surface area contributed by atoms with Crippen LogP contribution in [0.4, 0.5) is 13.2 Å². The number of aromatic nitrogens is 1. The zero-order chi connectivity index (χ0) is 23.1. The number of hydrogen-bond donors (Lipinski definition) is 0. The third-order valence-corrected chi connectivity index (χ3v) is 5.36. The molecule has 0 unspecified atom stereocenters. The van der Waals surface area contributed by atoms with Crippen LogP contribution in [0, 0.1) is 13.8 Å². The van der Waals surface area contributed by atoms with E-state index in [-0.39, 0.29) is 19.1 Å². The molecule has 0 aliphatic carbocycles. The molecular formula is C22H28F3N3O4. The van der Waals surface area contributed by atoms with Crippen LogP contribution in [0.3, 0.4) is 0 Å². The van der Waals surface area contributed by atoms with Gasteiger partial charge in [-0.25, -0.2) is 0 Å². The molecule has 0 spiro atoms. The van der Waals surface area contributed by atoms with Gasteiger partial charge in [-0.3, -0.25) is 9.69 Å². The van der Waals surface area contributed by atoms with E-state index in [1.165, 1.54) is 0 Å². The summed E-state index contributed by atoms with van der Waals surface area (Å²) in [6, 6.07) is 7.13. The lowest BCUT2D eigenvalue weighted by Gasteiger charge is -2.35. The quantitative estimate of drug-likeness (QED) is 0.539. The highest BCUT2D eigenvalue weighted by Gasteiger charge is 2.27. The molecule has 1 fully saturated rings. The van der Waals surface area contributed by atoms with Crippen molar-refractivity contribution in [3.63, 3.8) is 0 Å². The van der Waals surface area contributed by atoms with Crippen molar-refractivity contribution in [2.45, 2.75) is 33.1 Å². The second kappa shape index (κ2) is 10.8. The predicted octanol–water partition coefficient (Wildman–Crippen LogP) is 3.60. The van der Waals surface area contributed by atoms with E-state index in [0.717, 1.165) is 11.3 Å². The van der Waals surface area contributed by atoms with Crippen molar-refractivity contribution < 1.29 is 32.0 Å². The zero-order valence-electron chi connectivity index (χ0n) is 18.3. The number of rotatable bonds is 9. The van der Waals surface area contributed by atoms with E-state index in [9.17, 15) is 18.0 Å². The molecule has 1 aliphatic rings. The number of amides is 1. The number of hydrogen-bond acceptors (Lipinski definition) is 6. The molecule has 10 heteroatoms. The molecule has 1 aromatic carbocycles. The number of para-hydroxylation sites is 1. The molecule has 1 saturated heterocycles. The fourth-order valence-corrected chi connectivity index (χ4v) is 3.55. The van der Waals surface area contributed by atoms with E-state index >= 15 is 0 Å². The van der Waals surface area contributed by atoms with Crippen LogP contribution in [0.5, 0.6) is 5.75 Å². The fourth-order valence-electron chi connectivity index (χ4n) is 3.55. The Hall–Kier alpha value is -2.59. The Labute approximate surface area is 185 Å². The summed E-state index contributed by atoms with van der Waals surface area (Å²) >= 11 is 0. The summed E-state index contributed by atoms with van der Waals surface area (Å²) in [5, 5.41) is 3.92. The summed E-state index contributed by atoms with van der Waals surface area (Å²) in [5.74, 6) is 1.08. The topological polar surface area (TPSA) is 68.0 Å². The molecule has 1 aliphatic heterocycles. The van der Waals surface area contributed by atoms with Crippen LogP contribution in [0.15, 0.2) is 28.8 Å². The van der Waals surface area contributed by atoms with Gasteiger partial charge in [-0.05, 0) is 32.4 Å². The average molecular weight is 455 g/mol. The SMILES string of the molecule is Cc1noc(C)c1COc1ccccc1C(=O)N1CCN(CCCOCC(F)(F)F)CC1. The van der Waals surface area contributed by atoms with Gasteiger partial charge in [0.25, 0.3) is 5.91 Å². The lowest BCUT2D eigenvalue weighted by Crippen LogP contribution is -2.49. The molecule has 1 amide bonds. The van der Waals surface area contributed by atoms with E-state index in [0.29, 0.717) is 56.2 Å². The Morgan fingerprint density at radius 3 is 2.53 bits per heavy atom. The molecule has 3 rings (SSSR count). The average Bonchev–Trinajstić information content (AvgIpc) is 3.08. The number of nitrogens with zero attached hydrogens (tertiary/aromatic N) is 3. The fraction of sp³-hybridized carbons (Fsp3) is 0.545. The minimum atomic E-state index is -4.29. The van der Waals surface area contributed by atoms with Gasteiger partial charge in [0.05, 0.1) is 16.8 Å². The van der Waals surface area contributed by atoms with Gasteiger partial charge in [0, 0.05) is 39.3 Å². The minimum absolute atomic E-state index is 0.0640. The lowest BCUT2D eigenvalue weighted by molar-refractivity contribution is -0.174. The monoisotopic (exact) mass is 455 g/mol. The molecule has 176 valence electrons. The largest absolute Gasteiger partial charge is 0.488 e. The summed E-state index contributed by atoms with van der Waals surface area (Å²) in [6.07, 6.45) is -3.78. The highest BCUT2D eigenvalue weighted by Crippen LogP contribution is 2.23. The van der Waals surface area contributed by atoms with E-state index in [1.54, 1.807) is 23.1 Å². The van der Waals surface area contributed by atoms with Gasteiger partial charge < -0.3 is 18.9 Å². The van der Waals surface area contributed by atoms with Crippen molar-refractivity contribution in [3.8, 4) is 5.75 Å². The van der Waals surface area contributed by atoms with Gasteiger partial charge >= 0.3 is 6.18 Å². The van der Waals surface area contributed by atoms with Crippen molar-refractivity contribution >= 4 is 5.91 Å². The van der Waals surface area contributed by atoms with Gasteiger partial charge in [0.2, 0.25) is 0 Å². The van der Waals surface area contributed by atoms with Crippen LogP contribution >= 0.6 is 0 Å². The van der Waals surface area contributed by atoms with Crippen LogP contribution in [0.2, 0.25) is 0 Å². The van der Waals surface area contributed by atoms with E-state index in [2.05, 4.69) is 14.8 Å². The predicted molar refractivity (Wildman–Crippen MR) is 111 cm³/mol. The molecular weight excluding hydrogens is 427 g/mol. The first kappa shape index (κ1) is 24.1. The number of ether oxygens (including phenoxy) is 2. The van der Waals surface area contributed by atoms with Crippen molar-refractivity contribution in [2.24, 2.45) is 0 Å². The second-order valence-corrected chi connectivity index (χ2v) is 7.74. The van der Waals surface area contributed by atoms with Gasteiger partial charge in [0.15, 0.2) is 0 Å². The molecule has 0 N–H and O–H groups in total. The van der Waals surface area contributed by atoms with Crippen molar-refractivity contribution in [3.05, 3.63) is 46.8 Å². The van der Waals surface area contributed by atoms with Gasteiger partial charge in [0.1, 0.15) is 24.7 Å². The molecule has 32 heavy (non-hydrogen) atoms. The maximum Gasteiger partial charge on any atom is 0.411 e. The number of carbonyl (C=O) groups is 1. The summed E-state index contributed by atoms with van der Waals surface area (Å²) in [5.41, 5.74) is 2.11. The smallest absolute Gasteiger partial charge is 0.411 e. The maximum absolute atomic E-state index is 13.1. The summed E-state index contributed by atoms with van der Waals surface area (Å²) < 4.78 is 52.0. The molecule has 0 saturated carbocycles. The number of halogens is 3. The zero-order valence-corrected chi connectivity index (χ0v) is 18.3. The van der Waals surface area contributed by atoms with Gasteiger partial charge in [-0.2, -0.15) is 13.2 Å². The standard InChI is InChI=1S/C22H28F3N3O4/c1-16-19(17(2)32-26-16)14-31-20-7-4-3-6-18(20)21(29)28-11-9-27(10-12-28)8-5-13-30-15-22(23,24)25/h3-4,6-7H,5,8-15H2,1-2H3. The van der Waals surface area contributed by atoms with Crippen molar-refractivity contribution in [1.29, 1.82) is 0 Å². The van der Waals surface area contributed by atoms with Crippen molar-refractivity contribution in [1.82, 2.24) is 15.0 Å². The minimum Gasteiger partial charge on any atom is -0.488 e. The highest BCUT2D eigenvalue weighted by molar-refractivity contribution is 5.97. The van der Waals surface area contributed by atoms with Crippen molar-refractivity contribution in [2.75, 3.05) is 45.9 Å². The molecule has 2 heterocycles. The summed E-state index contributed by atoms with van der Waals surface area (Å²) in [4.78, 5) is 17.0. The highest BCUT2D eigenvalue weighted by atomic mass is 19.4. The Balaban J connectivity index is 1.48. The summed E-state index contributed by atoms with van der Waals surface area (Å²) in [6.45, 7) is 5.81. The molecule has 0 atom stereocenters. The van der Waals surface area contributed by atoms with Crippen LogP contribution in [0.1, 0.15) is 33.8 Å². The van der Waals surface area contributed by atoms with Crippen LogP contribution < -0.4 is 4.74 Å². The van der Waals surface area contributed by atoms with E-state index in [4.69, 9.17) is 9.26 Å². The maximum atomic E-state index is 13.1. The molecule has 2 aromatic rings. The first-order valence-corrected chi connectivity index (χ1v) is 10.5. The Morgan fingerprint density at radius 1 is 1.16 bits per heavy atom. The number of alkyl halides is 3. The Bertz CT molecular complexity index is 873. The normalized spacial score (nSPS) is 15.2. The van der Waals surface area contributed by atoms with E-state index < -0.39 is 12.8 Å². The number of piperazine rings is 1. The van der Waals surface area contributed by atoms with Gasteiger partial charge in [-0.1, -0.05) is 17.3 Å². The second-order valence-electron chi connectivity index (χ2n) is 7.74. The molecule has 0 radical (unpaired) electrons. The first-order valence-electron chi connectivity index (χ1n) is 10.5. The molecule has 1 aromatic heterocycles. The molecule has 0 bridgehead atoms. The lowest BCUT2D eigenvalue weighted by atomic mass is 10.1. The van der Waals surface area contributed by atoms with Crippen LogP contribution in [0.25, 0.3) is 0 Å². The molecule has 7 nitrogen and oxygen atoms in total. The number of benzene rings is 1. The third-order valence-electron chi connectivity index (χ3n) is 5.36. The van der Waals surface area contributed by atoms with Gasteiger partial charge in [-0.15, -0.1) is 0 Å². The Kier molecular flexibility index (Phi) is 8.14. The van der Waals surface area contributed by atoms with Crippen LogP contribution in [-0.4, -0.2) is 73.0 Å². The number of aryl methyl sites for hydroxylation is 2. The van der Waals surface area contributed by atoms with Crippen LogP contribution in [-0.2, 0) is 11.3 Å².